The van der Waals surface area contributed by atoms with Gasteiger partial charge in [0.1, 0.15) is 6.61 Å². The number of carbonyl (C=O) groups excluding carboxylic acids is 1. The van der Waals surface area contributed by atoms with Crippen LogP contribution < -0.4 is 16.0 Å². The first-order valence-electron chi connectivity index (χ1n) is 9.13. The molecule has 0 aliphatic heterocycles. The van der Waals surface area contributed by atoms with Crippen LogP contribution in [0, 0.1) is 0 Å². The van der Waals surface area contributed by atoms with Crippen molar-refractivity contribution in [3.63, 3.8) is 0 Å². The number of aromatic nitrogens is 4. The standard InChI is InChI=1S/C18H20ClN5O6S/c1-22-16-15(17(26)23(2)18(22)27)24(11-20-16)8-9-30-14(25)6-7-21-31(28,29)13-5-3-4-12(19)10-13/h3-5,10-11,21H,6-9H2,1-2H3. The van der Waals surface area contributed by atoms with Crippen molar-refractivity contribution in [1.29, 1.82) is 0 Å². The van der Waals surface area contributed by atoms with Crippen LogP contribution in [0.1, 0.15) is 6.42 Å². The molecule has 0 saturated carbocycles. The number of imidazole rings is 1. The van der Waals surface area contributed by atoms with Crippen molar-refractivity contribution >= 4 is 38.8 Å². The molecule has 13 heteroatoms. The number of carbonyl (C=O) groups is 1. The number of hydrogen-bond acceptors (Lipinski definition) is 7. The third-order valence-corrected chi connectivity index (χ3v) is 6.23. The van der Waals surface area contributed by atoms with E-state index in [0.717, 1.165) is 4.57 Å². The Kier molecular flexibility index (Phi) is 6.62. The van der Waals surface area contributed by atoms with E-state index >= 15 is 0 Å². The minimum Gasteiger partial charge on any atom is -0.464 e. The number of nitrogens with zero attached hydrogens (tertiary/aromatic N) is 4. The Bertz CT molecular complexity index is 1360. The molecule has 0 spiro atoms. The van der Waals surface area contributed by atoms with Crippen LogP contribution in [-0.2, 0) is 40.2 Å². The van der Waals surface area contributed by atoms with Gasteiger partial charge in [0.15, 0.2) is 11.2 Å². The number of ether oxygens (including phenoxy) is 1. The molecule has 1 N–H and O–H groups in total. The lowest BCUT2D eigenvalue weighted by Gasteiger charge is -2.09. The minimum absolute atomic E-state index is 0.00339. The van der Waals surface area contributed by atoms with Crippen LogP contribution in [0.4, 0.5) is 0 Å². The number of halogens is 1. The molecular weight excluding hydrogens is 450 g/mol. The van der Waals surface area contributed by atoms with E-state index in [1.807, 2.05) is 0 Å². The minimum atomic E-state index is -3.79. The van der Waals surface area contributed by atoms with Crippen molar-refractivity contribution < 1.29 is 17.9 Å². The predicted molar refractivity (Wildman–Crippen MR) is 112 cm³/mol. The molecule has 1 aromatic carbocycles. The van der Waals surface area contributed by atoms with Crippen molar-refractivity contribution in [1.82, 2.24) is 23.4 Å². The van der Waals surface area contributed by atoms with Gasteiger partial charge < -0.3 is 9.30 Å². The average Bonchev–Trinajstić information content (AvgIpc) is 3.14. The Morgan fingerprint density at radius 1 is 1.23 bits per heavy atom. The highest BCUT2D eigenvalue weighted by Crippen LogP contribution is 2.15. The van der Waals surface area contributed by atoms with Gasteiger partial charge >= 0.3 is 11.7 Å². The molecular formula is C18H20ClN5O6S. The van der Waals surface area contributed by atoms with Gasteiger partial charge in [0.25, 0.3) is 5.56 Å². The number of benzene rings is 1. The number of hydrogen-bond donors (Lipinski definition) is 1. The van der Waals surface area contributed by atoms with Gasteiger partial charge in [0.05, 0.1) is 24.2 Å². The Balaban J connectivity index is 1.54. The Morgan fingerprint density at radius 2 is 1.97 bits per heavy atom. The van der Waals surface area contributed by atoms with E-state index in [9.17, 15) is 22.8 Å². The number of aryl methyl sites for hydroxylation is 1. The Morgan fingerprint density at radius 3 is 2.68 bits per heavy atom. The first kappa shape index (κ1) is 22.7. The van der Waals surface area contributed by atoms with Gasteiger partial charge in [-0.15, -0.1) is 0 Å². The summed E-state index contributed by atoms with van der Waals surface area (Å²) in [6.07, 6.45) is 1.21. The zero-order chi connectivity index (χ0) is 22.8. The second-order valence-corrected chi connectivity index (χ2v) is 8.84. The van der Waals surface area contributed by atoms with Crippen LogP contribution >= 0.6 is 11.6 Å². The highest BCUT2D eigenvalue weighted by Gasteiger charge is 2.16. The molecule has 0 atom stereocenters. The molecule has 3 rings (SSSR count). The van der Waals surface area contributed by atoms with Gasteiger partial charge in [-0.25, -0.2) is 22.9 Å². The van der Waals surface area contributed by atoms with Crippen molar-refractivity contribution in [2.75, 3.05) is 13.2 Å². The van der Waals surface area contributed by atoms with Crippen LogP contribution in [0.2, 0.25) is 5.02 Å². The summed E-state index contributed by atoms with van der Waals surface area (Å²) in [7, 11) is -0.922. The van der Waals surface area contributed by atoms with Gasteiger partial charge in [-0.1, -0.05) is 17.7 Å². The van der Waals surface area contributed by atoms with Gasteiger partial charge in [0, 0.05) is 25.7 Å². The van der Waals surface area contributed by atoms with Crippen LogP contribution in [0.15, 0.2) is 45.1 Å². The van der Waals surface area contributed by atoms with E-state index in [-0.39, 0.29) is 47.2 Å². The molecule has 31 heavy (non-hydrogen) atoms. The Labute approximate surface area is 181 Å². The summed E-state index contributed by atoms with van der Waals surface area (Å²) < 4.78 is 35.5. The predicted octanol–water partition coefficient (Wildman–Crippen LogP) is -0.00110. The van der Waals surface area contributed by atoms with Gasteiger partial charge in [-0.2, -0.15) is 0 Å². The smallest absolute Gasteiger partial charge is 0.332 e. The fourth-order valence-electron chi connectivity index (χ4n) is 2.90. The number of fused-ring (bicyclic) bond motifs is 1. The van der Waals surface area contributed by atoms with Gasteiger partial charge in [-0.05, 0) is 18.2 Å². The topological polar surface area (TPSA) is 134 Å². The third kappa shape index (κ3) is 4.86. The summed E-state index contributed by atoms with van der Waals surface area (Å²) >= 11 is 5.80. The molecule has 3 aromatic rings. The zero-order valence-electron chi connectivity index (χ0n) is 16.7. The molecule has 0 radical (unpaired) electrons. The van der Waals surface area contributed by atoms with Crippen LogP contribution in [0.3, 0.4) is 0 Å². The molecule has 2 heterocycles. The van der Waals surface area contributed by atoms with E-state index in [1.54, 1.807) is 6.07 Å². The van der Waals surface area contributed by atoms with Crippen molar-refractivity contribution in [3.05, 3.63) is 56.5 Å². The molecule has 0 unspecified atom stereocenters. The largest absolute Gasteiger partial charge is 0.464 e. The average molecular weight is 470 g/mol. The lowest BCUT2D eigenvalue weighted by Crippen LogP contribution is -2.37. The lowest BCUT2D eigenvalue weighted by atomic mass is 10.4. The van der Waals surface area contributed by atoms with Crippen LogP contribution in [0.25, 0.3) is 11.2 Å². The second kappa shape index (κ2) is 9.04. The maximum atomic E-state index is 12.4. The molecule has 0 saturated heterocycles. The third-order valence-electron chi connectivity index (χ3n) is 4.54. The highest BCUT2D eigenvalue weighted by molar-refractivity contribution is 7.89. The number of nitrogens with one attached hydrogen (secondary N) is 1. The fraction of sp³-hybridized carbons (Fsp3) is 0.333. The molecule has 0 aliphatic rings. The van der Waals surface area contributed by atoms with E-state index in [4.69, 9.17) is 16.3 Å². The normalized spacial score (nSPS) is 11.7. The monoisotopic (exact) mass is 469 g/mol. The summed E-state index contributed by atoms with van der Waals surface area (Å²) in [6.45, 7) is -0.0639. The van der Waals surface area contributed by atoms with Crippen molar-refractivity contribution in [3.8, 4) is 0 Å². The summed E-state index contributed by atoms with van der Waals surface area (Å²) in [5.74, 6) is -0.612. The summed E-state index contributed by atoms with van der Waals surface area (Å²) in [5.41, 5.74) is -0.545. The van der Waals surface area contributed by atoms with Crippen molar-refractivity contribution in [2.45, 2.75) is 17.9 Å². The van der Waals surface area contributed by atoms with E-state index < -0.39 is 27.2 Å². The first-order valence-corrected chi connectivity index (χ1v) is 11.0. The molecule has 0 bridgehead atoms. The molecule has 0 amide bonds. The first-order chi connectivity index (χ1) is 14.6. The molecule has 166 valence electrons. The van der Waals surface area contributed by atoms with Crippen molar-refractivity contribution in [2.24, 2.45) is 14.1 Å². The van der Waals surface area contributed by atoms with E-state index in [0.29, 0.717) is 0 Å². The summed E-state index contributed by atoms with van der Waals surface area (Å²) in [5, 5.41) is 0.282. The Hall–Kier alpha value is -2.96. The SMILES string of the molecule is Cn1c(=O)c2c(ncn2CCOC(=O)CCNS(=O)(=O)c2cccc(Cl)c2)n(C)c1=O. The fourth-order valence-corrected chi connectivity index (χ4v) is 4.23. The maximum absolute atomic E-state index is 12.4. The van der Waals surface area contributed by atoms with Gasteiger partial charge in [0.2, 0.25) is 10.0 Å². The molecule has 0 fully saturated rings. The van der Waals surface area contributed by atoms with E-state index in [1.165, 1.54) is 47.8 Å². The number of sulfonamides is 1. The highest BCUT2D eigenvalue weighted by atomic mass is 35.5. The number of rotatable bonds is 8. The summed E-state index contributed by atoms with van der Waals surface area (Å²) in [6, 6.07) is 5.76. The quantitative estimate of drug-likeness (QED) is 0.459. The lowest BCUT2D eigenvalue weighted by molar-refractivity contribution is -0.143. The van der Waals surface area contributed by atoms with E-state index in [2.05, 4.69) is 9.71 Å². The molecule has 2 aromatic heterocycles. The zero-order valence-corrected chi connectivity index (χ0v) is 18.3. The van der Waals surface area contributed by atoms with Crippen LogP contribution in [-0.4, -0.2) is 46.2 Å². The van der Waals surface area contributed by atoms with Gasteiger partial charge in [-0.3, -0.25) is 18.7 Å². The molecule has 0 aliphatic carbocycles. The maximum Gasteiger partial charge on any atom is 0.332 e. The number of esters is 1. The van der Waals surface area contributed by atoms with Crippen LogP contribution in [0.5, 0.6) is 0 Å². The second-order valence-electron chi connectivity index (χ2n) is 6.64. The molecule has 11 nitrogen and oxygen atoms in total. The summed E-state index contributed by atoms with van der Waals surface area (Å²) in [4.78, 5) is 40.3.